The topological polar surface area (TPSA) is 72.0 Å². The summed E-state index contributed by atoms with van der Waals surface area (Å²) in [4.78, 5) is 0. The SMILES string of the molecule is N[C@H]1C[C@@H](Cc2nnc(CO)s2)C1. The number of aliphatic hydroxyl groups is 1. The molecule has 0 amide bonds. The molecule has 72 valence electrons. The van der Waals surface area contributed by atoms with Gasteiger partial charge in [0, 0.05) is 12.5 Å². The maximum absolute atomic E-state index is 8.79. The van der Waals surface area contributed by atoms with Crippen molar-refractivity contribution in [2.45, 2.75) is 31.9 Å². The molecule has 0 bridgehead atoms. The summed E-state index contributed by atoms with van der Waals surface area (Å²) < 4.78 is 0. The van der Waals surface area contributed by atoms with E-state index in [1.807, 2.05) is 0 Å². The number of hydrogen-bond donors (Lipinski definition) is 2. The summed E-state index contributed by atoms with van der Waals surface area (Å²) in [6.45, 7) is 0.00183. The van der Waals surface area contributed by atoms with Gasteiger partial charge in [0.15, 0.2) is 0 Å². The first-order valence-electron chi connectivity index (χ1n) is 4.45. The van der Waals surface area contributed by atoms with E-state index in [1.54, 1.807) is 0 Å². The van der Waals surface area contributed by atoms with Crippen molar-refractivity contribution in [1.29, 1.82) is 0 Å². The third kappa shape index (κ3) is 2.04. The Morgan fingerprint density at radius 3 is 2.62 bits per heavy atom. The second-order valence-electron chi connectivity index (χ2n) is 3.55. The van der Waals surface area contributed by atoms with Gasteiger partial charge in [0.05, 0.1) is 6.61 Å². The minimum absolute atomic E-state index is 0.00183. The van der Waals surface area contributed by atoms with E-state index in [-0.39, 0.29) is 6.61 Å². The Kier molecular flexibility index (Phi) is 2.57. The molecule has 0 aliphatic heterocycles. The molecule has 1 aliphatic carbocycles. The molecule has 0 aromatic carbocycles. The van der Waals surface area contributed by atoms with Crippen molar-refractivity contribution in [2.75, 3.05) is 0 Å². The largest absolute Gasteiger partial charge is 0.389 e. The van der Waals surface area contributed by atoms with Gasteiger partial charge in [0.2, 0.25) is 0 Å². The molecule has 0 spiro atoms. The molecule has 5 heteroatoms. The molecule has 1 aliphatic rings. The van der Waals surface area contributed by atoms with Crippen LogP contribution < -0.4 is 5.73 Å². The minimum Gasteiger partial charge on any atom is -0.389 e. The van der Waals surface area contributed by atoms with E-state index in [0.29, 0.717) is 17.0 Å². The van der Waals surface area contributed by atoms with Crippen LogP contribution in [0.15, 0.2) is 0 Å². The fourth-order valence-electron chi connectivity index (χ4n) is 1.64. The maximum atomic E-state index is 8.79. The molecule has 0 radical (unpaired) electrons. The van der Waals surface area contributed by atoms with E-state index in [0.717, 1.165) is 24.3 Å². The van der Waals surface area contributed by atoms with E-state index < -0.39 is 0 Å². The number of hydrogen-bond acceptors (Lipinski definition) is 5. The summed E-state index contributed by atoms with van der Waals surface area (Å²) in [6, 6.07) is 0.398. The second-order valence-corrected chi connectivity index (χ2v) is 4.70. The van der Waals surface area contributed by atoms with Crippen LogP contribution >= 0.6 is 11.3 Å². The highest BCUT2D eigenvalue weighted by molar-refractivity contribution is 7.11. The molecule has 1 fully saturated rings. The van der Waals surface area contributed by atoms with Gasteiger partial charge < -0.3 is 10.8 Å². The van der Waals surface area contributed by atoms with Gasteiger partial charge in [0.25, 0.3) is 0 Å². The maximum Gasteiger partial charge on any atom is 0.143 e. The number of aromatic nitrogens is 2. The fourth-order valence-corrected chi connectivity index (χ4v) is 2.45. The van der Waals surface area contributed by atoms with Crippen LogP contribution in [0.2, 0.25) is 0 Å². The van der Waals surface area contributed by atoms with Gasteiger partial charge >= 0.3 is 0 Å². The molecule has 4 nitrogen and oxygen atoms in total. The normalized spacial score (nSPS) is 27.2. The van der Waals surface area contributed by atoms with Crippen LogP contribution in [0.25, 0.3) is 0 Å². The number of aliphatic hydroxyl groups excluding tert-OH is 1. The Morgan fingerprint density at radius 1 is 1.38 bits per heavy atom. The summed E-state index contributed by atoms with van der Waals surface area (Å²) >= 11 is 1.50. The Hall–Kier alpha value is -0.520. The van der Waals surface area contributed by atoms with E-state index >= 15 is 0 Å². The van der Waals surface area contributed by atoms with Crippen LogP contribution in [0.4, 0.5) is 0 Å². The van der Waals surface area contributed by atoms with Gasteiger partial charge in [0.1, 0.15) is 10.0 Å². The quantitative estimate of drug-likeness (QED) is 0.735. The first kappa shape index (κ1) is 9.05. The van der Waals surface area contributed by atoms with Gasteiger partial charge in [-0.1, -0.05) is 11.3 Å². The highest BCUT2D eigenvalue weighted by Crippen LogP contribution is 2.29. The molecule has 0 unspecified atom stereocenters. The molecule has 1 heterocycles. The number of nitrogens with zero attached hydrogens (tertiary/aromatic N) is 2. The smallest absolute Gasteiger partial charge is 0.143 e. The zero-order valence-electron chi connectivity index (χ0n) is 7.31. The lowest BCUT2D eigenvalue weighted by Crippen LogP contribution is -2.37. The molecule has 1 aromatic rings. The average Bonchev–Trinajstić information content (AvgIpc) is 2.50. The first-order valence-corrected chi connectivity index (χ1v) is 5.27. The van der Waals surface area contributed by atoms with Crippen molar-refractivity contribution in [3.8, 4) is 0 Å². The zero-order valence-corrected chi connectivity index (χ0v) is 8.13. The van der Waals surface area contributed by atoms with Crippen LogP contribution in [0.3, 0.4) is 0 Å². The van der Waals surface area contributed by atoms with Crippen molar-refractivity contribution in [3.63, 3.8) is 0 Å². The number of nitrogens with two attached hydrogens (primary N) is 1. The Bertz CT molecular complexity index is 283. The fraction of sp³-hybridized carbons (Fsp3) is 0.750. The van der Waals surface area contributed by atoms with Crippen molar-refractivity contribution in [3.05, 3.63) is 10.0 Å². The molecule has 2 rings (SSSR count). The van der Waals surface area contributed by atoms with Crippen molar-refractivity contribution in [1.82, 2.24) is 10.2 Å². The first-order chi connectivity index (χ1) is 6.28. The molecular formula is C8H13N3OS. The zero-order chi connectivity index (χ0) is 9.26. The summed E-state index contributed by atoms with van der Waals surface area (Å²) in [5, 5.41) is 18.4. The van der Waals surface area contributed by atoms with E-state index in [9.17, 15) is 0 Å². The lowest BCUT2D eigenvalue weighted by atomic mass is 9.79. The van der Waals surface area contributed by atoms with Crippen molar-refractivity contribution in [2.24, 2.45) is 11.7 Å². The summed E-state index contributed by atoms with van der Waals surface area (Å²) in [5.74, 6) is 0.689. The molecule has 1 saturated carbocycles. The standard InChI is InChI=1S/C8H13N3OS/c9-6-1-5(2-6)3-7-10-11-8(4-12)13-7/h5-6,12H,1-4,9H2/t5-,6+. The third-order valence-electron chi connectivity index (χ3n) is 2.38. The van der Waals surface area contributed by atoms with Gasteiger partial charge in [-0.05, 0) is 18.8 Å². The van der Waals surface area contributed by atoms with Crippen molar-refractivity contribution < 1.29 is 5.11 Å². The average molecular weight is 199 g/mol. The highest BCUT2D eigenvalue weighted by atomic mass is 32.1. The molecular weight excluding hydrogens is 186 g/mol. The Labute approximate surface area is 80.8 Å². The van der Waals surface area contributed by atoms with Crippen LogP contribution in [-0.4, -0.2) is 21.3 Å². The molecule has 1 aromatic heterocycles. The number of rotatable bonds is 3. The molecule has 0 atom stereocenters. The van der Waals surface area contributed by atoms with Crippen LogP contribution in [-0.2, 0) is 13.0 Å². The highest BCUT2D eigenvalue weighted by Gasteiger charge is 2.26. The van der Waals surface area contributed by atoms with E-state index in [1.165, 1.54) is 11.3 Å². The van der Waals surface area contributed by atoms with Gasteiger partial charge in [-0.2, -0.15) is 0 Å². The Balaban J connectivity index is 1.87. The molecule has 0 saturated heterocycles. The van der Waals surface area contributed by atoms with Crippen LogP contribution in [0.5, 0.6) is 0 Å². The van der Waals surface area contributed by atoms with Gasteiger partial charge in [-0.3, -0.25) is 0 Å². The van der Waals surface area contributed by atoms with Gasteiger partial charge in [-0.25, -0.2) is 0 Å². The lowest BCUT2D eigenvalue weighted by Gasteiger charge is -2.31. The minimum atomic E-state index is 0.00183. The molecule has 13 heavy (non-hydrogen) atoms. The lowest BCUT2D eigenvalue weighted by molar-refractivity contribution is 0.264. The third-order valence-corrected chi connectivity index (χ3v) is 3.31. The summed E-state index contributed by atoms with van der Waals surface area (Å²) in [5.41, 5.74) is 5.68. The van der Waals surface area contributed by atoms with Gasteiger partial charge in [-0.15, -0.1) is 10.2 Å². The van der Waals surface area contributed by atoms with Crippen LogP contribution in [0.1, 0.15) is 22.9 Å². The van der Waals surface area contributed by atoms with E-state index in [4.69, 9.17) is 10.8 Å². The van der Waals surface area contributed by atoms with E-state index in [2.05, 4.69) is 10.2 Å². The second kappa shape index (κ2) is 3.69. The predicted molar refractivity (Wildman–Crippen MR) is 50.2 cm³/mol. The summed E-state index contributed by atoms with van der Waals surface area (Å²) in [7, 11) is 0. The molecule has 3 N–H and O–H groups in total. The summed E-state index contributed by atoms with van der Waals surface area (Å²) in [6.07, 6.45) is 3.19. The van der Waals surface area contributed by atoms with Crippen molar-refractivity contribution >= 4 is 11.3 Å². The Morgan fingerprint density at radius 2 is 2.08 bits per heavy atom. The van der Waals surface area contributed by atoms with Crippen LogP contribution in [0, 0.1) is 5.92 Å². The monoisotopic (exact) mass is 199 g/mol. The predicted octanol–water partition coefficient (Wildman–Crippen LogP) is 0.310.